The van der Waals surface area contributed by atoms with Gasteiger partial charge < -0.3 is 5.32 Å². The first-order valence-corrected chi connectivity index (χ1v) is 5.55. The van der Waals surface area contributed by atoms with Crippen molar-refractivity contribution in [1.29, 1.82) is 0 Å². The summed E-state index contributed by atoms with van der Waals surface area (Å²) in [5, 5.41) is 2.66. The van der Waals surface area contributed by atoms with E-state index in [4.69, 9.17) is 0 Å². The van der Waals surface area contributed by atoms with Gasteiger partial charge in [-0.2, -0.15) is 0 Å². The number of halogens is 1. The minimum atomic E-state index is -0.494. The highest BCUT2D eigenvalue weighted by Crippen LogP contribution is 2.18. The summed E-state index contributed by atoms with van der Waals surface area (Å²) in [6, 6.07) is 7.08. The molecule has 3 nitrogen and oxygen atoms in total. The summed E-state index contributed by atoms with van der Waals surface area (Å²) in [5.41, 5.74) is 0.597. The van der Waals surface area contributed by atoms with Crippen LogP contribution < -0.4 is 5.32 Å². The monoisotopic (exact) mass is 267 g/mol. The zero-order valence-corrected chi connectivity index (χ0v) is 9.58. The predicted molar refractivity (Wildman–Crippen MR) is 59.6 cm³/mol. The van der Waals surface area contributed by atoms with Crippen LogP contribution >= 0.6 is 15.9 Å². The van der Waals surface area contributed by atoms with Crippen LogP contribution in [0.2, 0.25) is 0 Å². The van der Waals surface area contributed by atoms with Gasteiger partial charge in [-0.1, -0.05) is 28.1 Å². The van der Waals surface area contributed by atoms with Gasteiger partial charge >= 0.3 is 0 Å². The zero-order chi connectivity index (χ0) is 10.8. The summed E-state index contributed by atoms with van der Waals surface area (Å²) in [6.07, 6.45) is 0.605. The standard InChI is InChI=1S/C11H10BrNO2/c12-8-3-1-7(2-4-8)10(14)9-5-6-13-11(9)15/h1-4,9H,5-6H2,(H,13,15). The van der Waals surface area contributed by atoms with Crippen LogP contribution in [0, 0.1) is 5.92 Å². The topological polar surface area (TPSA) is 46.2 Å². The number of ketones is 1. The number of Topliss-reactive ketones (excluding diaryl/α,β-unsaturated/α-hetero) is 1. The maximum atomic E-state index is 11.9. The molecule has 0 saturated carbocycles. The third-order valence-corrected chi connectivity index (χ3v) is 3.02. The molecule has 1 fully saturated rings. The summed E-state index contributed by atoms with van der Waals surface area (Å²) >= 11 is 3.30. The van der Waals surface area contributed by atoms with Gasteiger partial charge in [0.25, 0.3) is 0 Å². The number of hydrogen-bond donors (Lipinski definition) is 1. The Kier molecular flexibility index (Phi) is 2.86. The van der Waals surface area contributed by atoms with Crippen LogP contribution in [0.15, 0.2) is 28.7 Å². The average Bonchev–Trinajstić information content (AvgIpc) is 2.65. The second-order valence-electron chi connectivity index (χ2n) is 3.50. The number of carbonyl (C=O) groups excluding carboxylic acids is 2. The van der Waals surface area contributed by atoms with Crippen molar-refractivity contribution >= 4 is 27.6 Å². The molecule has 0 aliphatic carbocycles. The molecular weight excluding hydrogens is 258 g/mol. The van der Waals surface area contributed by atoms with Crippen molar-refractivity contribution in [3.8, 4) is 0 Å². The molecule has 78 valence electrons. The van der Waals surface area contributed by atoms with E-state index in [2.05, 4.69) is 21.2 Å². The third kappa shape index (κ3) is 2.09. The number of rotatable bonds is 2. The fraction of sp³-hybridized carbons (Fsp3) is 0.273. The summed E-state index contributed by atoms with van der Waals surface area (Å²) in [5.74, 6) is -0.730. The molecule has 1 aliphatic rings. The van der Waals surface area contributed by atoms with E-state index in [0.29, 0.717) is 18.5 Å². The highest BCUT2D eigenvalue weighted by molar-refractivity contribution is 9.10. The van der Waals surface area contributed by atoms with Crippen LogP contribution in [-0.4, -0.2) is 18.2 Å². The molecule has 0 aromatic heterocycles. The Morgan fingerprint density at radius 3 is 2.53 bits per heavy atom. The highest BCUT2D eigenvalue weighted by atomic mass is 79.9. The van der Waals surface area contributed by atoms with Crippen molar-refractivity contribution in [2.45, 2.75) is 6.42 Å². The maximum absolute atomic E-state index is 11.9. The minimum absolute atomic E-state index is 0.0856. The molecule has 1 N–H and O–H groups in total. The molecular formula is C11H10BrNO2. The van der Waals surface area contributed by atoms with E-state index in [1.165, 1.54) is 0 Å². The predicted octanol–water partition coefficient (Wildman–Crippen LogP) is 1.77. The Morgan fingerprint density at radius 1 is 1.33 bits per heavy atom. The molecule has 1 aliphatic heterocycles. The van der Waals surface area contributed by atoms with Crippen LogP contribution in [0.3, 0.4) is 0 Å². The van der Waals surface area contributed by atoms with Crippen LogP contribution in [0.4, 0.5) is 0 Å². The Hall–Kier alpha value is -1.16. The van der Waals surface area contributed by atoms with Crippen molar-refractivity contribution in [2.75, 3.05) is 6.54 Å². The van der Waals surface area contributed by atoms with Gasteiger partial charge in [0.05, 0.1) is 0 Å². The van der Waals surface area contributed by atoms with E-state index in [1.807, 2.05) is 0 Å². The second-order valence-corrected chi connectivity index (χ2v) is 4.42. The number of hydrogen-bond acceptors (Lipinski definition) is 2. The van der Waals surface area contributed by atoms with Crippen molar-refractivity contribution in [1.82, 2.24) is 5.32 Å². The lowest BCUT2D eigenvalue weighted by molar-refractivity contribution is -0.121. The first kappa shape index (κ1) is 10.4. The van der Waals surface area contributed by atoms with Gasteiger partial charge in [0, 0.05) is 16.6 Å². The lowest BCUT2D eigenvalue weighted by Crippen LogP contribution is -2.25. The van der Waals surface area contributed by atoms with Crippen LogP contribution in [0.25, 0.3) is 0 Å². The SMILES string of the molecule is O=C1NCCC1C(=O)c1ccc(Br)cc1. The van der Waals surface area contributed by atoms with Crippen LogP contribution in [-0.2, 0) is 4.79 Å². The lowest BCUT2D eigenvalue weighted by atomic mass is 9.96. The molecule has 0 spiro atoms. The fourth-order valence-corrected chi connectivity index (χ4v) is 1.92. The van der Waals surface area contributed by atoms with Gasteiger partial charge in [-0.05, 0) is 18.6 Å². The Balaban J connectivity index is 2.20. The summed E-state index contributed by atoms with van der Waals surface area (Å²) in [4.78, 5) is 23.2. The van der Waals surface area contributed by atoms with Gasteiger partial charge in [-0.3, -0.25) is 9.59 Å². The fourth-order valence-electron chi connectivity index (χ4n) is 1.66. The summed E-state index contributed by atoms with van der Waals surface area (Å²) < 4.78 is 0.926. The van der Waals surface area contributed by atoms with E-state index in [9.17, 15) is 9.59 Å². The summed E-state index contributed by atoms with van der Waals surface area (Å²) in [7, 11) is 0. The molecule has 0 bridgehead atoms. The van der Waals surface area contributed by atoms with Crippen LogP contribution in [0.1, 0.15) is 16.8 Å². The molecule has 1 aromatic carbocycles. The lowest BCUT2D eigenvalue weighted by Gasteiger charge is -2.05. The quantitative estimate of drug-likeness (QED) is 0.656. The molecule has 1 amide bonds. The summed E-state index contributed by atoms with van der Waals surface area (Å²) in [6.45, 7) is 0.603. The molecule has 1 aromatic rings. The highest BCUT2D eigenvalue weighted by Gasteiger charge is 2.31. The minimum Gasteiger partial charge on any atom is -0.355 e. The van der Waals surface area contributed by atoms with Gasteiger partial charge in [-0.25, -0.2) is 0 Å². The average molecular weight is 268 g/mol. The first-order valence-electron chi connectivity index (χ1n) is 4.76. The normalized spacial score (nSPS) is 20.1. The van der Waals surface area contributed by atoms with Gasteiger partial charge in [0.15, 0.2) is 5.78 Å². The maximum Gasteiger partial charge on any atom is 0.231 e. The molecule has 1 heterocycles. The number of carbonyl (C=O) groups is 2. The molecule has 0 radical (unpaired) electrons. The Morgan fingerprint density at radius 2 is 2.00 bits per heavy atom. The van der Waals surface area contributed by atoms with Crippen molar-refractivity contribution in [2.24, 2.45) is 5.92 Å². The van der Waals surface area contributed by atoms with Crippen molar-refractivity contribution in [3.05, 3.63) is 34.3 Å². The molecule has 1 unspecified atom stereocenters. The van der Waals surface area contributed by atoms with Gasteiger partial charge in [0.1, 0.15) is 5.92 Å². The molecule has 1 atom stereocenters. The third-order valence-electron chi connectivity index (χ3n) is 2.49. The zero-order valence-electron chi connectivity index (χ0n) is 8.00. The molecule has 1 saturated heterocycles. The van der Waals surface area contributed by atoms with Crippen molar-refractivity contribution < 1.29 is 9.59 Å². The smallest absolute Gasteiger partial charge is 0.231 e. The number of benzene rings is 1. The van der Waals surface area contributed by atoms with E-state index in [1.54, 1.807) is 24.3 Å². The van der Waals surface area contributed by atoms with Crippen molar-refractivity contribution in [3.63, 3.8) is 0 Å². The van der Waals surface area contributed by atoms with E-state index in [0.717, 1.165) is 4.47 Å². The van der Waals surface area contributed by atoms with Gasteiger partial charge in [0.2, 0.25) is 5.91 Å². The van der Waals surface area contributed by atoms with E-state index in [-0.39, 0.29) is 11.7 Å². The first-order chi connectivity index (χ1) is 7.18. The largest absolute Gasteiger partial charge is 0.355 e. The molecule has 15 heavy (non-hydrogen) atoms. The van der Waals surface area contributed by atoms with E-state index >= 15 is 0 Å². The number of amides is 1. The molecule has 4 heteroatoms. The number of nitrogens with one attached hydrogen (secondary N) is 1. The van der Waals surface area contributed by atoms with E-state index < -0.39 is 5.92 Å². The van der Waals surface area contributed by atoms with Gasteiger partial charge in [-0.15, -0.1) is 0 Å². The Labute approximate surface area is 96.0 Å². The van der Waals surface area contributed by atoms with Crippen LogP contribution in [0.5, 0.6) is 0 Å². The molecule has 2 rings (SSSR count). The Bertz CT molecular complexity index is 400. The second kappa shape index (κ2) is 4.14.